The summed E-state index contributed by atoms with van der Waals surface area (Å²) in [5.74, 6) is 0.980. The van der Waals surface area contributed by atoms with Crippen LogP contribution in [-0.2, 0) is 4.79 Å². The van der Waals surface area contributed by atoms with E-state index in [1.807, 2.05) is 12.1 Å². The van der Waals surface area contributed by atoms with E-state index in [1.54, 1.807) is 24.0 Å². The van der Waals surface area contributed by atoms with Gasteiger partial charge in [-0.25, -0.2) is 0 Å². The van der Waals surface area contributed by atoms with Crippen LogP contribution in [0.1, 0.15) is 59.7 Å². The van der Waals surface area contributed by atoms with Gasteiger partial charge in [0.2, 0.25) is 5.91 Å². The topological polar surface area (TPSA) is 66.5 Å². The van der Waals surface area contributed by atoms with Crippen LogP contribution in [-0.4, -0.2) is 34.2 Å². The van der Waals surface area contributed by atoms with Gasteiger partial charge in [-0.2, -0.15) is 0 Å². The van der Waals surface area contributed by atoms with E-state index in [4.69, 9.17) is 0 Å². The van der Waals surface area contributed by atoms with Gasteiger partial charge in [0.05, 0.1) is 11.1 Å². The van der Waals surface area contributed by atoms with E-state index >= 15 is 0 Å². The molecule has 0 spiro atoms. The number of fused-ring (bicyclic) bond motifs is 1. The number of hydrogen-bond donors (Lipinski definition) is 1. The number of nitrogens with one attached hydrogen (secondary N) is 1. The minimum absolute atomic E-state index is 0.00849. The first kappa shape index (κ1) is 15.1. The monoisotopic (exact) mass is 338 g/mol. The minimum atomic E-state index is -0.133. The maximum atomic E-state index is 12.9. The number of nitrogens with zero attached hydrogens (tertiary/aromatic N) is 1. The van der Waals surface area contributed by atoms with Crippen molar-refractivity contribution in [3.05, 3.63) is 35.4 Å². The number of amides is 3. The SMILES string of the molecule is CC(=O)NC12CC3CC(C1)C(N1C(=O)c4ccccc4C1=O)C(C3)C2. The third-order valence-electron chi connectivity index (χ3n) is 6.79. The van der Waals surface area contributed by atoms with Gasteiger partial charge in [0.1, 0.15) is 0 Å². The first-order valence-corrected chi connectivity index (χ1v) is 9.23. The van der Waals surface area contributed by atoms with E-state index in [0.29, 0.717) is 28.9 Å². The maximum Gasteiger partial charge on any atom is 0.261 e. The van der Waals surface area contributed by atoms with Crippen LogP contribution in [0.15, 0.2) is 24.3 Å². The van der Waals surface area contributed by atoms with E-state index in [-0.39, 0.29) is 29.3 Å². The predicted octanol–water partition coefficient (Wildman–Crippen LogP) is 2.37. The Bertz CT molecular complexity index is 751. The summed E-state index contributed by atoms with van der Waals surface area (Å²) in [5.41, 5.74) is 0.966. The highest BCUT2D eigenvalue weighted by Gasteiger charge is 2.59. The van der Waals surface area contributed by atoms with Crippen molar-refractivity contribution in [2.75, 3.05) is 0 Å². The fraction of sp³-hybridized carbons (Fsp3) is 0.550. The van der Waals surface area contributed by atoms with E-state index < -0.39 is 0 Å². The van der Waals surface area contributed by atoms with Crippen molar-refractivity contribution in [2.24, 2.45) is 17.8 Å². The highest BCUT2D eigenvalue weighted by molar-refractivity contribution is 6.21. The second-order valence-corrected chi connectivity index (χ2v) is 8.45. The molecule has 1 N–H and O–H groups in total. The van der Waals surface area contributed by atoms with E-state index in [2.05, 4.69) is 5.32 Å². The van der Waals surface area contributed by atoms with Gasteiger partial charge in [-0.1, -0.05) is 12.1 Å². The Balaban J connectivity index is 1.49. The van der Waals surface area contributed by atoms with E-state index in [9.17, 15) is 14.4 Å². The average Bonchev–Trinajstić information content (AvgIpc) is 2.78. The van der Waals surface area contributed by atoms with Gasteiger partial charge in [-0.15, -0.1) is 0 Å². The molecule has 0 saturated heterocycles. The highest BCUT2D eigenvalue weighted by Crippen LogP contribution is 2.57. The molecule has 130 valence electrons. The van der Waals surface area contributed by atoms with Crippen LogP contribution in [0.3, 0.4) is 0 Å². The largest absolute Gasteiger partial charge is 0.351 e. The van der Waals surface area contributed by atoms with Gasteiger partial charge in [-0.05, 0) is 62.0 Å². The van der Waals surface area contributed by atoms with Crippen LogP contribution in [0.25, 0.3) is 0 Å². The van der Waals surface area contributed by atoms with Crippen molar-refractivity contribution in [3.63, 3.8) is 0 Å². The summed E-state index contributed by atoms with van der Waals surface area (Å²) in [7, 11) is 0. The molecule has 5 heteroatoms. The smallest absolute Gasteiger partial charge is 0.261 e. The molecule has 1 heterocycles. The normalized spacial score (nSPS) is 38.2. The fourth-order valence-electron chi connectivity index (χ4n) is 6.42. The van der Waals surface area contributed by atoms with Crippen molar-refractivity contribution < 1.29 is 14.4 Å². The zero-order chi connectivity index (χ0) is 17.3. The molecule has 4 fully saturated rings. The first-order valence-electron chi connectivity index (χ1n) is 9.23. The Morgan fingerprint density at radius 2 is 1.60 bits per heavy atom. The summed E-state index contributed by atoms with van der Waals surface area (Å²) in [6, 6.07) is 7.13. The molecule has 1 aromatic carbocycles. The van der Waals surface area contributed by atoms with Crippen LogP contribution in [0, 0.1) is 17.8 Å². The van der Waals surface area contributed by atoms with Crippen molar-refractivity contribution in [3.8, 4) is 0 Å². The molecule has 4 saturated carbocycles. The second kappa shape index (κ2) is 4.93. The van der Waals surface area contributed by atoms with E-state index in [1.165, 1.54) is 0 Å². The Hall–Kier alpha value is -2.17. The standard InChI is InChI=1S/C20H22N2O3/c1-11(23)21-20-8-12-6-13(9-20)17(14(7-12)10-20)22-18(24)15-4-2-3-5-16(15)19(22)25/h2-5,12-14,17H,6-10H2,1H3,(H,21,23). The Morgan fingerprint density at radius 3 is 2.12 bits per heavy atom. The molecule has 25 heavy (non-hydrogen) atoms. The van der Waals surface area contributed by atoms with Crippen molar-refractivity contribution in [2.45, 2.75) is 50.6 Å². The highest BCUT2D eigenvalue weighted by atomic mass is 16.2. The average molecular weight is 338 g/mol. The molecule has 1 aromatic rings. The van der Waals surface area contributed by atoms with Crippen molar-refractivity contribution >= 4 is 17.7 Å². The summed E-state index contributed by atoms with van der Waals surface area (Å²) in [5, 5.41) is 3.21. The molecule has 6 rings (SSSR count). The number of carbonyl (C=O) groups is 3. The summed E-state index contributed by atoms with van der Waals surface area (Å²) in [4.78, 5) is 39.1. The van der Waals surface area contributed by atoms with Crippen molar-refractivity contribution in [1.82, 2.24) is 10.2 Å². The summed E-state index contributed by atoms with van der Waals surface area (Å²) in [6.07, 6.45) is 4.95. The van der Waals surface area contributed by atoms with Gasteiger partial charge in [-0.3, -0.25) is 19.3 Å². The molecule has 0 aromatic heterocycles. The van der Waals surface area contributed by atoms with Crippen LogP contribution in [0.2, 0.25) is 0 Å². The number of carbonyl (C=O) groups excluding carboxylic acids is 3. The quantitative estimate of drug-likeness (QED) is 0.842. The minimum Gasteiger partial charge on any atom is -0.351 e. The molecular formula is C20H22N2O3. The lowest BCUT2D eigenvalue weighted by molar-refractivity contribution is -0.127. The summed E-state index contributed by atoms with van der Waals surface area (Å²) >= 11 is 0. The summed E-state index contributed by atoms with van der Waals surface area (Å²) in [6.45, 7) is 1.58. The molecule has 2 unspecified atom stereocenters. The molecule has 5 aliphatic rings. The van der Waals surface area contributed by atoms with Gasteiger partial charge in [0, 0.05) is 18.5 Å². The van der Waals surface area contributed by atoms with Gasteiger partial charge < -0.3 is 5.32 Å². The molecule has 0 radical (unpaired) electrons. The molecule has 1 aliphatic heterocycles. The van der Waals surface area contributed by atoms with Gasteiger partial charge in [0.15, 0.2) is 0 Å². The Kier molecular flexibility index (Phi) is 2.98. The lowest BCUT2D eigenvalue weighted by Crippen LogP contribution is -2.67. The molecule has 4 bridgehead atoms. The third kappa shape index (κ3) is 2.04. The number of rotatable bonds is 2. The van der Waals surface area contributed by atoms with Crippen LogP contribution in [0.5, 0.6) is 0 Å². The number of hydrogen-bond acceptors (Lipinski definition) is 3. The molecule has 5 nitrogen and oxygen atoms in total. The zero-order valence-corrected chi connectivity index (χ0v) is 14.3. The lowest BCUT2D eigenvalue weighted by Gasteiger charge is -2.61. The lowest BCUT2D eigenvalue weighted by atomic mass is 9.50. The number of imide groups is 1. The molecular weight excluding hydrogens is 316 g/mol. The predicted molar refractivity (Wildman–Crippen MR) is 90.8 cm³/mol. The Morgan fingerprint density at radius 1 is 1.04 bits per heavy atom. The summed E-state index contributed by atoms with van der Waals surface area (Å²) < 4.78 is 0. The Labute approximate surface area is 146 Å². The van der Waals surface area contributed by atoms with Crippen LogP contribution >= 0.6 is 0 Å². The van der Waals surface area contributed by atoms with Crippen LogP contribution in [0.4, 0.5) is 0 Å². The van der Waals surface area contributed by atoms with Crippen LogP contribution < -0.4 is 5.32 Å². The fourth-order valence-corrected chi connectivity index (χ4v) is 6.42. The first-order chi connectivity index (χ1) is 12.0. The second-order valence-electron chi connectivity index (χ2n) is 8.45. The molecule has 3 amide bonds. The van der Waals surface area contributed by atoms with Gasteiger partial charge >= 0.3 is 0 Å². The van der Waals surface area contributed by atoms with E-state index in [0.717, 1.165) is 32.1 Å². The maximum absolute atomic E-state index is 12.9. The third-order valence-corrected chi connectivity index (χ3v) is 6.79. The van der Waals surface area contributed by atoms with Gasteiger partial charge in [0.25, 0.3) is 11.8 Å². The molecule has 4 aliphatic carbocycles. The zero-order valence-electron chi connectivity index (χ0n) is 14.3. The molecule has 2 atom stereocenters. The van der Waals surface area contributed by atoms with Crippen molar-refractivity contribution in [1.29, 1.82) is 0 Å². The number of benzene rings is 1.